The van der Waals surface area contributed by atoms with E-state index in [0.717, 1.165) is 22.4 Å². The summed E-state index contributed by atoms with van der Waals surface area (Å²) < 4.78 is 19.8. The number of nitrogen functional groups attached to an aromatic ring is 1. The molecule has 0 fully saturated rings. The van der Waals surface area contributed by atoms with E-state index in [4.69, 9.17) is 10.5 Å². The molecule has 0 aliphatic heterocycles. The highest BCUT2D eigenvalue weighted by molar-refractivity contribution is 5.95. The minimum Gasteiger partial charge on any atom is -0.462 e. The van der Waals surface area contributed by atoms with Crippen LogP contribution in [0.2, 0.25) is 0 Å². The maximum absolute atomic E-state index is 13.3. The average Bonchev–Trinajstić information content (AvgIpc) is 3.09. The highest BCUT2D eigenvalue weighted by Gasteiger charge is 2.21. The Bertz CT molecular complexity index is 1170. The number of carbonyl (C=O) groups is 1. The molecule has 0 bridgehead atoms. The molecule has 2 aromatic heterocycles. The molecule has 0 aliphatic rings. The van der Waals surface area contributed by atoms with Gasteiger partial charge in [-0.2, -0.15) is 9.61 Å². The first-order valence-electron chi connectivity index (χ1n) is 9.21. The standard InChI is InChI=1S/C22H19FN4O2/c1-2-29-22(28)17-13-25-21-19(15-6-4-3-5-7-15)18(26-27(21)20(17)24)12-14-8-10-16(23)11-9-14/h3-11,13H,2,12,24H2,1H3. The minimum atomic E-state index is -0.545. The summed E-state index contributed by atoms with van der Waals surface area (Å²) in [5.41, 5.74) is 10.3. The minimum absolute atomic E-state index is 0.162. The Hall–Kier alpha value is -3.74. The van der Waals surface area contributed by atoms with Crippen molar-refractivity contribution in [3.05, 3.63) is 83.4 Å². The lowest BCUT2D eigenvalue weighted by molar-refractivity contribution is 0.0526. The fourth-order valence-corrected chi connectivity index (χ4v) is 3.23. The predicted molar refractivity (Wildman–Crippen MR) is 108 cm³/mol. The van der Waals surface area contributed by atoms with Crippen molar-refractivity contribution in [1.29, 1.82) is 0 Å². The second kappa shape index (κ2) is 7.71. The number of nitrogens with zero attached hydrogens (tertiary/aromatic N) is 3. The SMILES string of the molecule is CCOC(=O)c1cnc2c(-c3ccccc3)c(Cc3ccc(F)cc3)nn2c1N. The van der Waals surface area contributed by atoms with Crippen LogP contribution < -0.4 is 5.73 Å². The number of halogens is 1. The Morgan fingerprint density at radius 2 is 1.86 bits per heavy atom. The molecule has 0 aliphatic carbocycles. The van der Waals surface area contributed by atoms with Crippen LogP contribution in [0.3, 0.4) is 0 Å². The molecule has 0 amide bonds. The highest BCUT2D eigenvalue weighted by atomic mass is 19.1. The van der Waals surface area contributed by atoms with Gasteiger partial charge in [-0.25, -0.2) is 14.2 Å². The Kier molecular flexibility index (Phi) is 4.95. The molecule has 2 heterocycles. The third kappa shape index (κ3) is 3.54. The smallest absolute Gasteiger partial charge is 0.343 e. The van der Waals surface area contributed by atoms with E-state index in [-0.39, 0.29) is 23.8 Å². The van der Waals surface area contributed by atoms with Crippen molar-refractivity contribution in [1.82, 2.24) is 14.6 Å². The van der Waals surface area contributed by atoms with Crippen LogP contribution in [0, 0.1) is 5.82 Å². The molecule has 0 saturated heterocycles. The number of nitrogens with two attached hydrogens (primary N) is 1. The van der Waals surface area contributed by atoms with Crippen LogP contribution in [0.5, 0.6) is 0 Å². The van der Waals surface area contributed by atoms with Gasteiger partial charge >= 0.3 is 5.97 Å². The first-order valence-corrected chi connectivity index (χ1v) is 9.21. The fourth-order valence-electron chi connectivity index (χ4n) is 3.23. The zero-order valence-electron chi connectivity index (χ0n) is 15.8. The summed E-state index contributed by atoms with van der Waals surface area (Å²) in [7, 11) is 0. The van der Waals surface area contributed by atoms with Gasteiger partial charge in [0.2, 0.25) is 0 Å². The Balaban J connectivity index is 1.89. The third-order valence-corrected chi connectivity index (χ3v) is 4.60. The number of carbonyl (C=O) groups excluding carboxylic acids is 1. The van der Waals surface area contributed by atoms with Gasteiger partial charge in [0.25, 0.3) is 0 Å². The summed E-state index contributed by atoms with van der Waals surface area (Å²) in [6.45, 7) is 1.96. The highest BCUT2D eigenvalue weighted by Crippen LogP contribution is 2.31. The lowest BCUT2D eigenvalue weighted by Gasteiger charge is -2.06. The number of rotatable bonds is 5. The van der Waals surface area contributed by atoms with Gasteiger partial charge in [-0.1, -0.05) is 42.5 Å². The molecule has 6 nitrogen and oxygen atoms in total. The molecular formula is C22H19FN4O2. The second-order valence-corrected chi connectivity index (χ2v) is 6.50. The lowest BCUT2D eigenvalue weighted by Crippen LogP contribution is -2.12. The first kappa shape index (κ1) is 18.6. The van der Waals surface area contributed by atoms with E-state index in [1.165, 1.54) is 22.8 Å². The zero-order valence-corrected chi connectivity index (χ0v) is 15.8. The Labute approximate surface area is 166 Å². The molecule has 146 valence electrons. The van der Waals surface area contributed by atoms with Crippen molar-refractivity contribution in [2.45, 2.75) is 13.3 Å². The number of esters is 1. The molecule has 2 aromatic carbocycles. The molecule has 0 spiro atoms. The number of benzene rings is 2. The van der Waals surface area contributed by atoms with Gasteiger partial charge in [0.1, 0.15) is 17.2 Å². The van der Waals surface area contributed by atoms with Crippen LogP contribution >= 0.6 is 0 Å². The fraction of sp³-hybridized carbons (Fsp3) is 0.136. The molecular weight excluding hydrogens is 371 g/mol. The molecule has 0 radical (unpaired) electrons. The van der Waals surface area contributed by atoms with Gasteiger partial charge < -0.3 is 10.5 Å². The van der Waals surface area contributed by atoms with Crippen LogP contribution in [0.1, 0.15) is 28.5 Å². The molecule has 29 heavy (non-hydrogen) atoms. The third-order valence-electron chi connectivity index (χ3n) is 4.60. The van der Waals surface area contributed by atoms with E-state index >= 15 is 0 Å². The van der Waals surface area contributed by atoms with E-state index in [1.54, 1.807) is 19.1 Å². The molecule has 0 atom stereocenters. The first-order chi connectivity index (χ1) is 14.1. The number of ether oxygens (including phenoxy) is 1. The number of anilines is 1. The van der Waals surface area contributed by atoms with Crippen LogP contribution in [0.4, 0.5) is 10.2 Å². The van der Waals surface area contributed by atoms with E-state index in [1.807, 2.05) is 30.3 Å². The molecule has 4 aromatic rings. The van der Waals surface area contributed by atoms with Gasteiger partial charge in [0, 0.05) is 12.6 Å². The largest absolute Gasteiger partial charge is 0.462 e. The molecule has 7 heteroatoms. The molecule has 0 unspecified atom stereocenters. The summed E-state index contributed by atoms with van der Waals surface area (Å²) in [4.78, 5) is 16.6. The summed E-state index contributed by atoms with van der Waals surface area (Å²) in [5.74, 6) is -0.677. The Morgan fingerprint density at radius 1 is 1.14 bits per heavy atom. The van der Waals surface area contributed by atoms with E-state index in [0.29, 0.717) is 12.1 Å². The van der Waals surface area contributed by atoms with Crippen LogP contribution in [-0.2, 0) is 11.2 Å². The van der Waals surface area contributed by atoms with Crippen molar-refractivity contribution in [3.63, 3.8) is 0 Å². The van der Waals surface area contributed by atoms with Gasteiger partial charge in [-0.15, -0.1) is 0 Å². The maximum Gasteiger partial charge on any atom is 0.343 e. The Morgan fingerprint density at radius 3 is 2.55 bits per heavy atom. The molecule has 4 rings (SSSR count). The lowest BCUT2D eigenvalue weighted by atomic mass is 10.0. The van der Waals surface area contributed by atoms with Crippen molar-refractivity contribution >= 4 is 17.4 Å². The maximum atomic E-state index is 13.3. The van der Waals surface area contributed by atoms with E-state index in [9.17, 15) is 9.18 Å². The number of aromatic nitrogens is 3. The normalized spacial score (nSPS) is 11.0. The van der Waals surface area contributed by atoms with Crippen molar-refractivity contribution in [2.24, 2.45) is 0 Å². The van der Waals surface area contributed by atoms with Gasteiger partial charge in [-0.05, 0) is 30.2 Å². The number of hydrogen-bond donors (Lipinski definition) is 1. The van der Waals surface area contributed by atoms with Gasteiger partial charge in [-0.3, -0.25) is 0 Å². The van der Waals surface area contributed by atoms with Gasteiger partial charge in [0.15, 0.2) is 5.65 Å². The van der Waals surface area contributed by atoms with Crippen LogP contribution in [0.25, 0.3) is 16.8 Å². The summed E-state index contributed by atoms with van der Waals surface area (Å²) in [6, 6.07) is 16.0. The van der Waals surface area contributed by atoms with Crippen molar-refractivity contribution in [2.75, 3.05) is 12.3 Å². The number of hydrogen-bond acceptors (Lipinski definition) is 5. The van der Waals surface area contributed by atoms with E-state index < -0.39 is 5.97 Å². The average molecular weight is 390 g/mol. The van der Waals surface area contributed by atoms with Crippen LogP contribution in [0.15, 0.2) is 60.8 Å². The quantitative estimate of drug-likeness (QED) is 0.523. The predicted octanol–water partition coefficient (Wildman–Crippen LogP) is 3.89. The van der Waals surface area contributed by atoms with Crippen molar-refractivity contribution < 1.29 is 13.9 Å². The molecule has 0 saturated carbocycles. The van der Waals surface area contributed by atoms with Crippen molar-refractivity contribution in [3.8, 4) is 11.1 Å². The second-order valence-electron chi connectivity index (χ2n) is 6.50. The van der Waals surface area contributed by atoms with E-state index in [2.05, 4.69) is 10.1 Å². The number of fused-ring (bicyclic) bond motifs is 1. The summed E-state index contributed by atoms with van der Waals surface area (Å²) >= 11 is 0. The molecule has 2 N–H and O–H groups in total. The van der Waals surface area contributed by atoms with Gasteiger partial charge in [0.05, 0.1) is 17.9 Å². The summed E-state index contributed by atoms with van der Waals surface area (Å²) in [5, 5.41) is 4.64. The zero-order chi connectivity index (χ0) is 20.4. The topological polar surface area (TPSA) is 82.5 Å². The van der Waals surface area contributed by atoms with Crippen LogP contribution in [-0.4, -0.2) is 27.2 Å². The summed E-state index contributed by atoms with van der Waals surface area (Å²) in [6.07, 6.45) is 1.88. The monoisotopic (exact) mass is 390 g/mol.